The molecule has 1 saturated heterocycles. The van der Waals surface area contributed by atoms with Crippen LogP contribution in [0.3, 0.4) is 0 Å². The van der Waals surface area contributed by atoms with E-state index in [9.17, 15) is 14.7 Å². The van der Waals surface area contributed by atoms with Crippen LogP contribution in [0.5, 0.6) is 5.75 Å². The molecule has 2 aliphatic rings. The van der Waals surface area contributed by atoms with Crippen LogP contribution in [0.25, 0.3) is 10.9 Å². The summed E-state index contributed by atoms with van der Waals surface area (Å²) in [7, 11) is 0. The van der Waals surface area contributed by atoms with Crippen molar-refractivity contribution in [3.05, 3.63) is 45.5 Å². The van der Waals surface area contributed by atoms with Crippen LogP contribution in [0.4, 0.5) is 10.1 Å². The number of anilines is 1. The number of hydrogen-bond donors (Lipinski definition) is 2. The second-order valence-corrected chi connectivity index (χ2v) is 7.30. The van der Waals surface area contributed by atoms with Crippen molar-refractivity contribution in [3.63, 3.8) is 0 Å². The lowest BCUT2D eigenvalue weighted by molar-refractivity contribution is 0.0694. The van der Waals surface area contributed by atoms with E-state index in [4.69, 9.17) is 10.5 Å². The number of hydrogen-bond acceptors (Lipinski definition) is 5. The van der Waals surface area contributed by atoms with Crippen LogP contribution >= 0.6 is 0 Å². The highest BCUT2D eigenvalue weighted by Crippen LogP contribution is 2.42. The number of benzene rings is 1. The number of nitrogens with zero attached hydrogens (tertiary/aromatic N) is 2. The summed E-state index contributed by atoms with van der Waals surface area (Å²) in [5.41, 5.74) is 6.45. The quantitative estimate of drug-likeness (QED) is 0.784. The number of carboxylic acids is 1. The molecule has 148 valence electrons. The van der Waals surface area contributed by atoms with Crippen LogP contribution in [-0.4, -0.2) is 41.9 Å². The van der Waals surface area contributed by atoms with Crippen LogP contribution in [0.1, 0.15) is 36.2 Å². The van der Waals surface area contributed by atoms with Crippen molar-refractivity contribution in [2.45, 2.75) is 25.8 Å². The van der Waals surface area contributed by atoms with E-state index in [1.807, 2.05) is 17.9 Å². The molecule has 7 nitrogen and oxygen atoms in total. The Kier molecular flexibility index (Phi) is 4.58. The van der Waals surface area contributed by atoms with Crippen molar-refractivity contribution >= 4 is 22.6 Å². The molecule has 0 aliphatic carbocycles. The van der Waals surface area contributed by atoms with E-state index in [1.54, 1.807) is 4.57 Å². The monoisotopic (exact) mass is 387 g/mol. The van der Waals surface area contributed by atoms with Gasteiger partial charge in [-0.1, -0.05) is 11.6 Å². The molecule has 8 heteroatoms. The fourth-order valence-electron chi connectivity index (χ4n) is 4.08. The molecule has 4 rings (SSSR count). The summed E-state index contributed by atoms with van der Waals surface area (Å²) < 4.78 is 22.8. The van der Waals surface area contributed by atoms with E-state index in [1.165, 1.54) is 6.20 Å². The first-order chi connectivity index (χ1) is 13.4. The summed E-state index contributed by atoms with van der Waals surface area (Å²) in [6, 6.07) is 0.961. The zero-order valence-electron chi connectivity index (χ0n) is 15.6. The topological polar surface area (TPSA) is 97.8 Å². The number of carbonyl (C=O) groups is 1. The van der Waals surface area contributed by atoms with Gasteiger partial charge < -0.3 is 25.0 Å². The third-order valence-electron chi connectivity index (χ3n) is 5.41. The Bertz CT molecular complexity index is 1060. The molecule has 28 heavy (non-hydrogen) atoms. The van der Waals surface area contributed by atoms with Gasteiger partial charge in [0.05, 0.1) is 16.9 Å². The molecule has 0 unspecified atom stereocenters. The normalized spacial score (nSPS) is 20.5. The first-order valence-corrected chi connectivity index (χ1v) is 9.32. The highest BCUT2D eigenvalue weighted by molar-refractivity contribution is 5.97. The number of piperidine rings is 1. The van der Waals surface area contributed by atoms with Gasteiger partial charge in [-0.05, 0) is 25.8 Å². The highest BCUT2D eigenvalue weighted by atomic mass is 19.1. The van der Waals surface area contributed by atoms with Crippen molar-refractivity contribution < 1.29 is 19.0 Å². The Morgan fingerprint density at radius 2 is 2.29 bits per heavy atom. The maximum absolute atomic E-state index is 15.2. The van der Waals surface area contributed by atoms with Crippen LogP contribution in [0.2, 0.25) is 0 Å². The van der Waals surface area contributed by atoms with Crippen LogP contribution < -0.4 is 20.8 Å². The Hall–Kier alpha value is -2.87. The zero-order chi connectivity index (χ0) is 20.0. The highest BCUT2D eigenvalue weighted by Gasteiger charge is 2.31. The number of pyridine rings is 1. The SMILES string of the molecule is C[C@H]1COc2c(N3CCC/C(=C/CN)C3)c(F)cc3c(=O)c(C(=O)O)cn1c23. The molecule has 0 amide bonds. The van der Waals surface area contributed by atoms with Gasteiger partial charge in [-0.2, -0.15) is 0 Å². The van der Waals surface area contributed by atoms with Crippen LogP contribution in [0, 0.1) is 5.82 Å². The van der Waals surface area contributed by atoms with Crippen molar-refractivity contribution in [2.75, 3.05) is 31.1 Å². The molecule has 3 heterocycles. The second kappa shape index (κ2) is 6.94. The lowest BCUT2D eigenvalue weighted by Gasteiger charge is -2.35. The molecular formula is C20H22FN3O4. The van der Waals surface area contributed by atoms with Crippen LogP contribution in [0.15, 0.2) is 28.7 Å². The largest absolute Gasteiger partial charge is 0.487 e. The summed E-state index contributed by atoms with van der Waals surface area (Å²) in [4.78, 5) is 26.0. The Balaban J connectivity index is 1.97. The fraction of sp³-hybridized carbons (Fsp3) is 0.400. The molecule has 3 N–H and O–H groups in total. The van der Waals surface area contributed by atoms with Gasteiger partial charge in [-0.15, -0.1) is 0 Å². The van der Waals surface area contributed by atoms with E-state index in [0.29, 0.717) is 36.6 Å². The van der Waals surface area contributed by atoms with Crippen molar-refractivity contribution in [3.8, 4) is 5.75 Å². The minimum absolute atomic E-state index is 0.0254. The lowest BCUT2D eigenvalue weighted by atomic mass is 10.0. The van der Waals surface area contributed by atoms with E-state index in [2.05, 4.69) is 0 Å². The van der Waals surface area contributed by atoms with Crippen molar-refractivity contribution in [2.24, 2.45) is 5.73 Å². The van der Waals surface area contributed by atoms with Gasteiger partial charge in [0.1, 0.15) is 17.9 Å². The number of aromatic nitrogens is 1. The number of rotatable bonds is 3. The molecule has 1 fully saturated rings. The second-order valence-electron chi connectivity index (χ2n) is 7.30. The first-order valence-electron chi connectivity index (χ1n) is 9.32. The van der Waals surface area contributed by atoms with Gasteiger partial charge in [0, 0.05) is 25.8 Å². The van der Waals surface area contributed by atoms with Gasteiger partial charge in [0.15, 0.2) is 11.6 Å². The van der Waals surface area contributed by atoms with E-state index in [-0.39, 0.29) is 23.6 Å². The Morgan fingerprint density at radius 1 is 1.50 bits per heavy atom. The van der Waals surface area contributed by atoms with Crippen molar-refractivity contribution in [1.82, 2.24) is 4.57 Å². The molecule has 1 atom stereocenters. The molecule has 1 aromatic heterocycles. The summed E-state index contributed by atoms with van der Waals surface area (Å²) in [6.45, 7) is 3.77. The van der Waals surface area contributed by atoms with Crippen LogP contribution in [-0.2, 0) is 0 Å². The van der Waals surface area contributed by atoms with Gasteiger partial charge in [0.25, 0.3) is 0 Å². The smallest absolute Gasteiger partial charge is 0.341 e. The zero-order valence-corrected chi connectivity index (χ0v) is 15.6. The van der Waals surface area contributed by atoms with E-state index in [0.717, 1.165) is 24.5 Å². The van der Waals surface area contributed by atoms with Gasteiger partial charge in [-0.25, -0.2) is 9.18 Å². The summed E-state index contributed by atoms with van der Waals surface area (Å²) >= 11 is 0. The Labute approximate surface area is 160 Å². The van der Waals surface area contributed by atoms with Crippen molar-refractivity contribution in [1.29, 1.82) is 0 Å². The van der Waals surface area contributed by atoms with E-state index >= 15 is 4.39 Å². The third-order valence-corrected chi connectivity index (χ3v) is 5.41. The van der Waals surface area contributed by atoms with Gasteiger partial charge >= 0.3 is 5.97 Å². The molecule has 0 spiro atoms. The number of halogens is 1. The number of ether oxygens (including phenoxy) is 1. The molecule has 0 radical (unpaired) electrons. The predicted octanol–water partition coefficient (Wildman–Crippen LogP) is 2.28. The van der Waals surface area contributed by atoms with E-state index < -0.39 is 17.2 Å². The standard InChI is InChI=1S/C20H22FN3O4/c1-11-10-28-19-16-13(18(25)14(20(26)27)9-24(11)16)7-15(21)17(19)23-6-2-3-12(8-23)4-5-22/h4,7,9,11H,2-3,5-6,8,10,22H2,1H3,(H,26,27)/b12-4-/t11-/m0/s1. The molecule has 2 aliphatic heterocycles. The molecule has 0 saturated carbocycles. The number of nitrogens with two attached hydrogens (primary N) is 1. The molecule has 2 aromatic rings. The number of aromatic carboxylic acids is 1. The summed E-state index contributed by atoms with van der Waals surface area (Å²) in [5.74, 6) is -1.61. The number of carboxylic acid groups (broad SMARTS) is 1. The minimum atomic E-state index is -1.33. The third kappa shape index (κ3) is 2.84. The molecular weight excluding hydrogens is 365 g/mol. The summed E-state index contributed by atoms with van der Waals surface area (Å²) in [5, 5.41) is 9.39. The van der Waals surface area contributed by atoms with Gasteiger partial charge in [-0.3, -0.25) is 4.79 Å². The maximum Gasteiger partial charge on any atom is 0.341 e. The maximum atomic E-state index is 15.2. The first kappa shape index (κ1) is 18.5. The average molecular weight is 387 g/mol. The average Bonchev–Trinajstić information content (AvgIpc) is 2.66. The minimum Gasteiger partial charge on any atom is -0.487 e. The van der Waals surface area contributed by atoms with Gasteiger partial charge in [0.2, 0.25) is 5.43 Å². The lowest BCUT2D eigenvalue weighted by Crippen LogP contribution is -2.34. The summed E-state index contributed by atoms with van der Waals surface area (Å²) in [6.07, 6.45) is 5.07. The predicted molar refractivity (Wildman–Crippen MR) is 104 cm³/mol. The molecule has 1 aromatic carbocycles. The fourth-order valence-corrected chi connectivity index (χ4v) is 4.08. The Morgan fingerprint density at radius 3 is 3.00 bits per heavy atom. The molecule has 0 bridgehead atoms.